The summed E-state index contributed by atoms with van der Waals surface area (Å²) in [5.41, 5.74) is 5.39. The molecule has 0 amide bonds. The van der Waals surface area contributed by atoms with Crippen molar-refractivity contribution < 1.29 is 4.79 Å². The number of anilines is 3. The summed E-state index contributed by atoms with van der Waals surface area (Å²) in [6.45, 7) is 0. The molecule has 24 heavy (non-hydrogen) atoms. The molecule has 0 atom stereocenters. The third kappa shape index (κ3) is 2.71. The maximum atomic E-state index is 12.1. The van der Waals surface area contributed by atoms with E-state index in [-0.39, 0.29) is 5.78 Å². The molecule has 0 unspecified atom stereocenters. The van der Waals surface area contributed by atoms with E-state index >= 15 is 0 Å². The average molecular weight is 313 g/mol. The number of ketones is 1. The highest BCUT2D eigenvalue weighted by atomic mass is 16.1. The SMILES string of the molecule is O=C1CCCc2cc(N(c3ccccc3)c3ccccc3)ccc21. The van der Waals surface area contributed by atoms with Crippen LogP contribution in [0.25, 0.3) is 0 Å². The molecule has 0 saturated heterocycles. The Morgan fingerprint density at radius 2 is 1.29 bits per heavy atom. The Balaban J connectivity index is 1.84. The number of benzene rings is 3. The highest BCUT2D eigenvalue weighted by Crippen LogP contribution is 2.36. The van der Waals surface area contributed by atoms with Gasteiger partial charge in [-0.25, -0.2) is 0 Å². The molecule has 1 aliphatic carbocycles. The summed E-state index contributed by atoms with van der Waals surface area (Å²) in [7, 11) is 0. The largest absolute Gasteiger partial charge is 0.310 e. The Bertz CT molecular complexity index is 816. The summed E-state index contributed by atoms with van der Waals surface area (Å²) < 4.78 is 0. The Kier molecular flexibility index (Phi) is 3.87. The van der Waals surface area contributed by atoms with Crippen molar-refractivity contribution in [3.05, 3.63) is 90.0 Å². The second kappa shape index (κ2) is 6.32. The van der Waals surface area contributed by atoms with Crippen LogP contribution in [0.15, 0.2) is 78.9 Å². The van der Waals surface area contributed by atoms with E-state index in [4.69, 9.17) is 0 Å². The summed E-state index contributed by atoms with van der Waals surface area (Å²) in [4.78, 5) is 14.3. The number of Topliss-reactive ketones (excluding diaryl/α,β-unsaturated/α-hetero) is 1. The van der Waals surface area contributed by atoms with Crippen molar-refractivity contribution in [2.45, 2.75) is 19.3 Å². The highest BCUT2D eigenvalue weighted by Gasteiger charge is 2.19. The zero-order valence-corrected chi connectivity index (χ0v) is 13.5. The predicted octanol–water partition coefficient (Wildman–Crippen LogP) is 5.68. The van der Waals surface area contributed by atoms with Gasteiger partial charge in [-0.05, 0) is 60.9 Å². The minimum Gasteiger partial charge on any atom is -0.310 e. The van der Waals surface area contributed by atoms with Crippen LogP contribution in [0.1, 0.15) is 28.8 Å². The van der Waals surface area contributed by atoms with E-state index in [1.165, 1.54) is 5.56 Å². The van der Waals surface area contributed by atoms with Gasteiger partial charge in [-0.15, -0.1) is 0 Å². The van der Waals surface area contributed by atoms with Crippen molar-refractivity contribution in [3.63, 3.8) is 0 Å². The average Bonchev–Trinajstić information content (AvgIpc) is 2.64. The van der Waals surface area contributed by atoms with E-state index in [0.717, 1.165) is 35.5 Å². The molecule has 0 radical (unpaired) electrons. The van der Waals surface area contributed by atoms with E-state index in [0.29, 0.717) is 6.42 Å². The highest BCUT2D eigenvalue weighted by molar-refractivity contribution is 5.99. The molecular weight excluding hydrogens is 294 g/mol. The molecule has 0 heterocycles. The molecule has 0 bridgehead atoms. The number of hydrogen-bond donors (Lipinski definition) is 0. The third-order valence-corrected chi connectivity index (χ3v) is 4.53. The molecule has 3 aromatic rings. The molecule has 0 aliphatic heterocycles. The lowest BCUT2D eigenvalue weighted by Crippen LogP contribution is -2.14. The summed E-state index contributed by atoms with van der Waals surface area (Å²) in [6.07, 6.45) is 2.60. The van der Waals surface area contributed by atoms with Crippen molar-refractivity contribution in [3.8, 4) is 0 Å². The second-order valence-corrected chi connectivity index (χ2v) is 6.12. The maximum absolute atomic E-state index is 12.1. The molecule has 2 nitrogen and oxygen atoms in total. The fourth-order valence-corrected chi connectivity index (χ4v) is 3.37. The molecule has 0 fully saturated rings. The number of carbonyl (C=O) groups is 1. The third-order valence-electron chi connectivity index (χ3n) is 4.53. The van der Waals surface area contributed by atoms with E-state index in [1.54, 1.807) is 0 Å². The number of para-hydroxylation sites is 2. The van der Waals surface area contributed by atoms with Crippen LogP contribution in [0.3, 0.4) is 0 Å². The molecular formula is C22H19NO. The standard InChI is InChI=1S/C22H19NO/c24-22-13-7-8-17-16-20(14-15-21(17)22)23(18-9-3-1-4-10-18)19-11-5-2-6-12-19/h1-6,9-12,14-16H,7-8,13H2. The Labute approximate surface area is 142 Å². The van der Waals surface area contributed by atoms with Gasteiger partial charge in [0.25, 0.3) is 0 Å². The minimum atomic E-state index is 0.272. The molecule has 0 aromatic heterocycles. The number of hydrogen-bond acceptors (Lipinski definition) is 2. The lowest BCUT2D eigenvalue weighted by Gasteiger charge is -2.27. The minimum absolute atomic E-state index is 0.272. The predicted molar refractivity (Wildman–Crippen MR) is 98.4 cm³/mol. The monoisotopic (exact) mass is 313 g/mol. The van der Waals surface area contributed by atoms with Gasteiger partial charge >= 0.3 is 0 Å². The smallest absolute Gasteiger partial charge is 0.163 e. The zero-order valence-electron chi connectivity index (χ0n) is 13.5. The fraction of sp³-hybridized carbons (Fsp3) is 0.136. The topological polar surface area (TPSA) is 20.3 Å². The van der Waals surface area contributed by atoms with Gasteiger partial charge in [0.15, 0.2) is 5.78 Å². The van der Waals surface area contributed by atoms with E-state index in [2.05, 4.69) is 41.3 Å². The van der Waals surface area contributed by atoms with E-state index in [1.807, 2.05) is 42.5 Å². The first kappa shape index (κ1) is 14.7. The Morgan fingerprint density at radius 3 is 1.92 bits per heavy atom. The first-order valence-corrected chi connectivity index (χ1v) is 8.39. The Hall–Kier alpha value is -2.87. The zero-order chi connectivity index (χ0) is 16.4. The van der Waals surface area contributed by atoms with Crippen LogP contribution in [0.5, 0.6) is 0 Å². The van der Waals surface area contributed by atoms with Crippen molar-refractivity contribution in [2.24, 2.45) is 0 Å². The van der Waals surface area contributed by atoms with Crippen LogP contribution in [-0.4, -0.2) is 5.78 Å². The Morgan fingerprint density at radius 1 is 0.667 bits per heavy atom. The van der Waals surface area contributed by atoms with Crippen molar-refractivity contribution in [1.29, 1.82) is 0 Å². The molecule has 4 rings (SSSR count). The van der Waals surface area contributed by atoms with Gasteiger partial charge in [0.1, 0.15) is 0 Å². The summed E-state index contributed by atoms with van der Waals surface area (Å²) in [5, 5.41) is 0. The van der Waals surface area contributed by atoms with Gasteiger partial charge in [-0.2, -0.15) is 0 Å². The first-order valence-electron chi connectivity index (χ1n) is 8.39. The van der Waals surface area contributed by atoms with E-state index < -0.39 is 0 Å². The number of aryl methyl sites for hydroxylation is 1. The van der Waals surface area contributed by atoms with Crippen LogP contribution in [0.2, 0.25) is 0 Å². The summed E-state index contributed by atoms with van der Waals surface area (Å²) >= 11 is 0. The van der Waals surface area contributed by atoms with Crippen molar-refractivity contribution in [2.75, 3.05) is 4.90 Å². The van der Waals surface area contributed by atoms with Crippen molar-refractivity contribution >= 4 is 22.8 Å². The molecule has 1 aliphatic rings. The lowest BCUT2D eigenvalue weighted by atomic mass is 9.90. The molecule has 118 valence electrons. The van der Waals surface area contributed by atoms with Gasteiger partial charge in [-0.1, -0.05) is 36.4 Å². The van der Waals surface area contributed by atoms with Gasteiger partial charge < -0.3 is 4.90 Å². The fourth-order valence-electron chi connectivity index (χ4n) is 3.37. The van der Waals surface area contributed by atoms with Crippen LogP contribution in [0, 0.1) is 0 Å². The number of nitrogens with zero attached hydrogens (tertiary/aromatic N) is 1. The normalized spacial score (nSPS) is 13.4. The maximum Gasteiger partial charge on any atom is 0.163 e. The number of rotatable bonds is 3. The molecule has 0 spiro atoms. The van der Waals surface area contributed by atoms with Crippen LogP contribution in [0.4, 0.5) is 17.1 Å². The van der Waals surface area contributed by atoms with Gasteiger partial charge in [0, 0.05) is 29.0 Å². The summed E-state index contributed by atoms with van der Waals surface area (Å²) in [5.74, 6) is 0.272. The molecule has 0 saturated carbocycles. The first-order chi connectivity index (χ1) is 11.8. The van der Waals surface area contributed by atoms with Gasteiger partial charge in [-0.3, -0.25) is 4.79 Å². The molecule has 2 heteroatoms. The quantitative estimate of drug-likeness (QED) is 0.620. The van der Waals surface area contributed by atoms with Gasteiger partial charge in [0.05, 0.1) is 0 Å². The second-order valence-electron chi connectivity index (χ2n) is 6.12. The van der Waals surface area contributed by atoms with Crippen molar-refractivity contribution in [1.82, 2.24) is 0 Å². The van der Waals surface area contributed by atoms with Gasteiger partial charge in [0.2, 0.25) is 0 Å². The molecule has 3 aromatic carbocycles. The lowest BCUT2D eigenvalue weighted by molar-refractivity contribution is 0.0972. The van der Waals surface area contributed by atoms with E-state index in [9.17, 15) is 4.79 Å². The van der Waals surface area contributed by atoms with Crippen LogP contribution >= 0.6 is 0 Å². The number of carbonyl (C=O) groups excluding carboxylic acids is 1. The van der Waals surface area contributed by atoms with Crippen LogP contribution < -0.4 is 4.90 Å². The number of fused-ring (bicyclic) bond motifs is 1. The summed E-state index contributed by atoms with van der Waals surface area (Å²) in [6, 6.07) is 26.9. The molecule has 0 N–H and O–H groups in total. The van der Waals surface area contributed by atoms with Crippen LogP contribution in [-0.2, 0) is 6.42 Å².